The molecule has 0 aromatic rings. The van der Waals surface area contributed by atoms with Crippen LogP contribution in [0.4, 0.5) is 0 Å². The van der Waals surface area contributed by atoms with E-state index in [1.807, 2.05) is 48.6 Å². The molecule has 0 N–H and O–H groups in total. The average Bonchev–Trinajstić information content (AvgIpc) is 3.40. The zero-order valence-electron chi connectivity index (χ0n) is 13.4. The van der Waals surface area contributed by atoms with Crippen molar-refractivity contribution in [3.63, 3.8) is 0 Å². The first-order chi connectivity index (χ1) is 10.0. The van der Waals surface area contributed by atoms with E-state index in [9.17, 15) is 0 Å². The van der Waals surface area contributed by atoms with Crippen molar-refractivity contribution in [2.24, 2.45) is 0 Å². The summed E-state index contributed by atoms with van der Waals surface area (Å²) in [5.41, 5.74) is 0. The monoisotopic (exact) mass is 432 g/mol. The molecule has 4 rings (SSSR count). The van der Waals surface area contributed by atoms with Crippen molar-refractivity contribution in [3.8, 4) is 0 Å². The summed E-state index contributed by atoms with van der Waals surface area (Å²) in [4.78, 5) is 0. The van der Waals surface area contributed by atoms with Gasteiger partial charge < -0.3 is 24.8 Å². The summed E-state index contributed by atoms with van der Waals surface area (Å²) in [6, 6.07) is 0. The first kappa shape index (κ1) is 31.4. The number of hydrogen-bond donors (Lipinski definition) is 0. The Balaban J connectivity index is -0.000000105. The minimum atomic E-state index is 0. The predicted molar refractivity (Wildman–Crippen MR) is 86.3 cm³/mol. The summed E-state index contributed by atoms with van der Waals surface area (Å²) in [5, 5.41) is 0. The van der Waals surface area contributed by atoms with Crippen molar-refractivity contribution in [1.29, 1.82) is 0 Å². The smallest absolute Gasteiger partial charge is 1.00 e. The van der Waals surface area contributed by atoms with Crippen molar-refractivity contribution in [3.05, 3.63) is 97.2 Å². The standard InChI is InChI=1S/4C5H5.2ClH.2V/c4*1-2-4-5-3-1;;;;/h4*1-3H,4H2;2*1H;;/q4*-1;;;2*+2/p-2. The van der Waals surface area contributed by atoms with Crippen LogP contribution in [0.2, 0.25) is 0 Å². The van der Waals surface area contributed by atoms with E-state index in [1.165, 1.54) is 0 Å². The third-order valence-electron chi connectivity index (χ3n) is 2.34. The Morgan fingerprint density at radius 2 is 0.625 bits per heavy atom. The quantitative estimate of drug-likeness (QED) is 0.441. The van der Waals surface area contributed by atoms with Gasteiger partial charge in [-0.25, -0.2) is 48.6 Å². The summed E-state index contributed by atoms with van der Waals surface area (Å²) in [7, 11) is 0. The molecule has 0 aromatic heterocycles. The van der Waals surface area contributed by atoms with E-state index in [4.69, 9.17) is 0 Å². The summed E-state index contributed by atoms with van der Waals surface area (Å²) in [6.07, 6.45) is 40.0. The predicted octanol–water partition coefficient (Wildman–Crippen LogP) is -0.774. The Hall–Kier alpha value is -0.331. The maximum absolute atomic E-state index is 2.99. The van der Waals surface area contributed by atoms with Crippen molar-refractivity contribution < 1.29 is 61.9 Å². The second kappa shape index (κ2) is 27.5. The molecular weight excluding hydrogens is 413 g/mol. The average molecular weight is 433 g/mol. The number of hydrogen-bond acceptors (Lipinski definition) is 0. The van der Waals surface area contributed by atoms with E-state index in [0.29, 0.717) is 0 Å². The van der Waals surface area contributed by atoms with Crippen LogP contribution < -0.4 is 24.8 Å². The molecule has 0 atom stereocenters. The van der Waals surface area contributed by atoms with Crippen LogP contribution in [0.5, 0.6) is 0 Å². The minimum absolute atomic E-state index is 0. The Morgan fingerprint density at radius 3 is 0.667 bits per heavy atom. The fourth-order valence-corrected chi connectivity index (χ4v) is 1.36. The zero-order chi connectivity index (χ0) is 14.1. The normalized spacial score (nSPS) is 14.7. The molecule has 0 spiro atoms. The fraction of sp³-hybridized carbons (Fsp3) is 0.200. The largest absolute Gasteiger partial charge is 2.00 e. The van der Waals surface area contributed by atoms with Gasteiger partial charge in [-0.3, -0.25) is 24.3 Å². The molecule has 0 unspecified atom stereocenters. The molecule has 0 saturated heterocycles. The third-order valence-corrected chi connectivity index (χ3v) is 2.34. The van der Waals surface area contributed by atoms with E-state index in [-0.39, 0.29) is 61.9 Å². The Morgan fingerprint density at radius 1 is 0.417 bits per heavy atom. The topological polar surface area (TPSA) is 0 Å². The maximum Gasteiger partial charge on any atom is 2.00 e. The zero-order valence-corrected chi connectivity index (χ0v) is 17.7. The molecule has 0 amide bonds. The Kier molecular flexibility index (Phi) is 36.0. The molecule has 4 aliphatic rings. The Labute approximate surface area is 183 Å². The molecule has 0 saturated carbocycles. The molecule has 4 aliphatic carbocycles. The van der Waals surface area contributed by atoms with Crippen LogP contribution in [0.15, 0.2) is 72.9 Å². The van der Waals surface area contributed by atoms with Gasteiger partial charge in [0.2, 0.25) is 0 Å². The third kappa shape index (κ3) is 23.9. The van der Waals surface area contributed by atoms with E-state index in [0.717, 1.165) is 25.7 Å². The summed E-state index contributed by atoms with van der Waals surface area (Å²) in [5.74, 6) is 0. The van der Waals surface area contributed by atoms with Gasteiger partial charge in [0.05, 0.1) is 0 Å². The van der Waals surface area contributed by atoms with Crippen molar-refractivity contribution in [1.82, 2.24) is 0 Å². The summed E-state index contributed by atoms with van der Waals surface area (Å²) < 4.78 is 0. The molecule has 0 aliphatic heterocycles. The van der Waals surface area contributed by atoms with E-state index < -0.39 is 0 Å². The minimum Gasteiger partial charge on any atom is -1.00 e. The SMILES string of the molecule is [C-]1=CC=CC1.[C-]1=CC=CC1.[C-]1=CC=CC1.[C-]1=CC=CC1.[Cl-].[Cl-].[V+2].[V+2]. The van der Waals surface area contributed by atoms with E-state index in [1.54, 1.807) is 0 Å². The Bertz CT molecular complexity index is 340. The first-order valence-corrected chi connectivity index (χ1v) is 6.87. The first-order valence-electron chi connectivity index (χ1n) is 6.87. The van der Waals surface area contributed by atoms with Gasteiger partial charge in [0.25, 0.3) is 0 Å². The van der Waals surface area contributed by atoms with Crippen LogP contribution in [-0.2, 0) is 37.1 Å². The van der Waals surface area contributed by atoms with Gasteiger partial charge in [0.15, 0.2) is 0 Å². The van der Waals surface area contributed by atoms with Crippen LogP contribution in [-0.4, -0.2) is 0 Å². The molecule has 0 bridgehead atoms. The van der Waals surface area contributed by atoms with Crippen LogP contribution in [0, 0.1) is 24.3 Å². The number of allylic oxidation sites excluding steroid dienone is 16. The number of halogens is 2. The molecule has 4 heteroatoms. The van der Waals surface area contributed by atoms with Crippen LogP contribution in [0.3, 0.4) is 0 Å². The van der Waals surface area contributed by atoms with Gasteiger partial charge in [-0.05, 0) is 0 Å². The summed E-state index contributed by atoms with van der Waals surface area (Å²) >= 11 is 0. The molecule has 0 nitrogen and oxygen atoms in total. The molecule has 0 fully saturated rings. The van der Waals surface area contributed by atoms with E-state index >= 15 is 0 Å². The van der Waals surface area contributed by atoms with Crippen molar-refractivity contribution in [2.45, 2.75) is 25.7 Å². The molecular formula is C20H20Cl2V2-2. The molecule has 24 heavy (non-hydrogen) atoms. The van der Waals surface area contributed by atoms with Crippen LogP contribution in [0.25, 0.3) is 0 Å². The molecule has 2 radical (unpaired) electrons. The van der Waals surface area contributed by atoms with Gasteiger partial charge in [-0.1, -0.05) is 0 Å². The van der Waals surface area contributed by atoms with Crippen LogP contribution in [0.1, 0.15) is 25.7 Å². The van der Waals surface area contributed by atoms with Crippen molar-refractivity contribution in [2.75, 3.05) is 0 Å². The van der Waals surface area contributed by atoms with Gasteiger partial charge >= 0.3 is 37.1 Å². The van der Waals surface area contributed by atoms with Gasteiger partial charge in [0, 0.05) is 0 Å². The van der Waals surface area contributed by atoms with E-state index in [2.05, 4.69) is 48.6 Å². The van der Waals surface area contributed by atoms with Gasteiger partial charge in [-0.2, -0.15) is 24.3 Å². The van der Waals surface area contributed by atoms with Crippen molar-refractivity contribution >= 4 is 0 Å². The second-order valence-electron chi connectivity index (χ2n) is 4.01. The maximum atomic E-state index is 2.99. The second-order valence-corrected chi connectivity index (χ2v) is 4.01. The molecule has 126 valence electrons. The van der Waals surface area contributed by atoms with Gasteiger partial charge in [-0.15, -0.1) is 25.7 Å². The molecule has 0 heterocycles. The summed E-state index contributed by atoms with van der Waals surface area (Å²) in [6.45, 7) is 0. The number of rotatable bonds is 0. The fourth-order valence-electron chi connectivity index (χ4n) is 1.36. The van der Waals surface area contributed by atoms with Gasteiger partial charge in [0.1, 0.15) is 0 Å². The van der Waals surface area contributed by atoms with Crippen LogP contribution >= 0.6 is 0 Å². The molecule has 0 aromatic carbocycles.